The van der Waals surface area contributed by atoms with Crippen molar-refractivity contribution in [2.45, 2.75) is 25.6 Å². The minimum atomic E-state index is -4.22. The standard InChI is InChI=1S/C11H13ClF3NO/c1-7(16)9-6-8(12)2-3-10(9)17-5-4-11(13,14)15/h2-3,6-7H,4-5,16H2,1H3/t7-/m1/s1. The summed E-state index contributed by atoms with van der Waals surface area (Å²) < 4.78 is 40.9. The molecular formula is C11H13ClF3NO. The molecule has 17 heavy (non-hydrogen) atoms. The first-order valence-corrected chi connectivity index (χ1v) is 5.42. The van der Waals surface area contributed by atoms with Crippen LogP contribution in [0.5, 0.6) is 5.75 Å². The molecule has 0 aliphatic rings. The van der Waals surface area contributed by atoms with E-state index in [1.165, 1.54) is 6.07 Å². The summed E-state index contributed by atoms with van der Waals surface area (Å²) in [6, 6.07) is 4.32. The molecule has 0 saturated heterocycles. The summed E-state index contributed by atoms with van der Waals surface area (Å²) in [5.41, 5.74) is 6.28. The highest BCUT2D eigenvalue weighted by molar-refractivity contribution is 6.30. The number of nitrogens with two attached hydrogens (primary N) is 1. The Labute approximate surface area is 103 Å². The summed E-state index contributed by atoms with van der Waals surface area (Å²) in [5, 5.41) is 0.473. The zero-order valence-corrected chi connectivity index (χ0v) is 9.98. The molecule has 0 spiro atoms. The van der Waals surface area contributed by atoms with Gasteiger partial charge < -0.3 is 10.5 Å². The van der Waals surface area contributed by atoms with Gasteiger partial charge in [0.05, 0.1) is 13.0 Å². The van der Waals surface area contributed by atoms with Gasteiger partial charge in [0, 0.05) is 16.6 Å². The van der Waals surface area contributed by atoms with Crippen molar-refractivity contribution in [1.82, 2.24) is 0 Å². The molecule has 0 fully saturated rings. The van der Waals surface area contributed by atoms with E-state index >= 15 is 0 Å². The molecule has 1 rings (SSSR count). The third-order valence-corrected chi connectivity index (χ3v) is 2.34. The van der Waals surface area contributed by atoms with Crippen molar-refractivity contribution < 1.29 is 17.9 Å². The molecule has 1 aromatic rings. The second-order valence-corrected chi connectivity index (χ2v) is 4.12. The summed E-state index contributed by atoms with van der Waals surface area (Å²) in [7, 11) is 0. The molecule has 96 valence electrons. The highest BCUT2D eigenvalue weighted by atomic mass is 35.5. The largest absolute Gasteiger partial charge is 0.493 e. The van der Waals surface area contributed by atoms with Crippen molar-refractivity contribution in [3.05, 3.63) is 28.8 Å². The van der Waals surface area contributed by atoms with E-state index in [2.05, 4.69) is 0 Å². The van der Waals surface area contributed by atoms with Crippen LogP contribution in [-0.2, 0) is 0 Å². The fraction of sp³-hybridized carbons (Fsp3) is 0.455. The van der Waals surface area contributed by atoms with Crippen LogP contribution in [0.25, 0.3) is 0 Å². The van der Waals surface area contributed by atoms with Gasteiger partial charge >= 0.3 is 6.18 Å². The second kappa shape index (κ2) is 5.60. The van der Waals surface area contributed by atoms with Gasteiger partial charge in [0.25, 0.3) is 0 Å². The lowest BCUT2D eigenvalue weighted by atomic mass is 10.1. The summed E-state index contributed by atoms with van der Waals surface area (Å²) in [6.45, 7) is 1.28. The average Bonchev–Trinajstić information content (AvgIpc) is 2.18. The Bertz CT molecular complexity index is 379. The molecule has 0 unspecified atom stereocenters. The molecule has 2 nitrogen and oxygen atoms in total. The van der Waals surface area contributed by atoms with E-state index < -0.39 is 19.2 Å². The van der Waals surface area contributed by atoms with Crippen molar-refractivity contribution >= 4 is 11.6 Å². The van der Waals surface area contributed by atoms with Crippen LogP contribution in [0, 0.1) is 0 Å². The van der Waals surface area contributed by atoms with Crippen LogP contribution >= 0.6 is 11.6 Å². The Morgan fingerprint density at radius 2 is 2.06 bits per heavy atom. The Morgan fingerprint density at radius 3 is 2.59 bits per heavy atom. The van der Waals surface area contributed by atoms with Crippen LogP contribution in [0.15, 0.2) is 18.2 Å². The predicted octanol–water partition coefficient (Wildman–Crippen LogP) is 3.69. The minimum absolute atomic E-state index is 0.341. The fourth-order valence-electron chi connectivity index (χ4n) is 1.28. The quantitative estimate of drug-likeness (QED) is 0.903. The maximum Gasteiger partial charge on any atom is 0.392 e. The molecule has 0 saturated carbocycles. The highest BCUT2D eigenvalue weighted by Crippen LogP contribution is 2.28. The lowest BCUT2D eigenvalue weighted by Crippen LogP contribution is -2.14. The van der Waals surface area contributed by atoms with E-state index in [0.717, 1.165) is 0 Å². The van der Waals surface area contributed by atoms with Gasteiger partial charge in [0.1, 0.15) is 5.75 Å². The van der Waals surface area contributed by atoms with Crippen molar-refractivity contribution in [2.24, 2.45) is 5.73 Å². The first-order valence-electron chi connectivity index (χ1n) is 5.04. The van der Waals surface area contributed by atoms with Gasteiger partial charge in [0.15, 0.2) is 0 Å². The van der Waals surface area contributed by atoms with Gasteiger partial charge in [-0.3, -0.25) is 0 Å². The van der Waals surface area contributed by atoms with Crippen molar-refractivity contribution in [3.8, 4) is 5.75 Å². The smallest absolute Gasteiger partial charge is 0.392 e. The van der Waals surface area contributed by atoms with Crippen molar-refractivity contribution in [1.29, 1.82) is 0 Å². The summed E-state index contributed by atoms with van der Waals surface area (Å²) in [5.74, 6) is 0.341. The van der Waals surface area contributed by atoms with Gasteiger partial charge in [-0.2, -0.15) is 13.2 Å². The van der Waals surface area contributed by atoms with Crippen LogP contribution in [-0.4, -0.2) is 12.8 Å². The average molecular weight is 268 g/mol. The number of rotatable bonds is 4. The number of benzene rings is 1. The Morgan fingerprint density at radius 1 is 1.41 bits per heavy atom. The Hall–Kier alpha value is -0.940. The number of halogens is 4. The SMILES string of the molecule is C[C@@H](N)c1cc(Cl)ccc1OCCC(F)(F)F. The first-order chi connectivity index (χ1) is 7.79. The molecule has 0 aliphatic carbocycles. The van der Waals surface area contributed by atoms with Crippen LogP contribution in [0.1, 0.15) is 24.9 Å². The Kier molecular flexibility index (Phi) is 4.65. The molecule has 0 heterocycles. The van der Waals surface area contributed by atoms with Gasteiger partial charge in [0.2, 0.25) is 0 Å². The van der Waals surface area contributed by atoms with Crippen molar-refractivity contribution in [3.63, 3.8) is 0 Å². The maximum atomic E-state index is 12.0. The van der Waals surface area contributed by atoms with Crippen LogP contribution in [0.4, 0.5) is 13.2 Å². The molecule has 2 N–H and O–H groups in total. The number of hydrogen-bond acceptors (Lipinski definition) is 2. The monoisotopic (exact) mass is 267 g/mol. The number of alkyl halides is 3. The fourth-order valence-corrected chi connectivity index (χ4v) is 1.46. The second-order valence-electron chi connectivity index (χ2n) is 3.68. The van der Waals surface area contributed by atoms with E-state index in [0.29, 0.717) is 16.3 Å². The van der Waals surface area contributed by atoms with Crippen LogP contribution in [0.3, 0.4) is 0 Å². The summed E-state index contributed by atoms with van der Waals surface area (Å²) in [4.78, 5) is 0. The van der Waals surface area contributed by atoms with Gasteiger partial charge in [-0.05, 0) is 25.1 Å². The third-order valence-electron chi connectivity index (χ3n) is 2.11. The molecule has 1 atom stereocenters. The number of hydrogen-bond donors (Lipinski definition) is 1. The van der Waals surface area contributed by atoms with E-state index in [9.17, 15) is 13.2 Å². The molecular weight excluding hydrogens is 255 g/mol. The summed E-state index contributed by atoms with van der Waals surface area (Å²) >= 11 is 5.78. The third kappa shape index (κ3) is 4.83. The van der Waals surface area contributed by atoms with Gasteiger partial charge in [-0.1, -0.05) is 11.6 Å². The first kappa shape index (κ1) is 14.1. The predicted molar refractivity (Wildman–Crippen MR) is 60.2 cm³/mol. The van der Waals surface area contributed by atoms with Gasteiger partial charge in [-0.25, -0.2) is 0 Å². The van der Waals surface area contributed by atoms with E-state index in [-0.39, 0.29) is 6.04 Å². The topological polar surface area (TPSA) is 35.2 Å². The highest BCUT2D eigenvalue weighted by Gasteiger charge is 2.27. The van der Waals surface area contributed by atoms with Gasteiger partial charge in [-0.15, -0.1) is 0 Å². The van der Waals surface area contributed by atoms with E-state index in [1.54, 1.807) is 19.1 Å². The van der Waals surface area contributed by atoms with E-state index in [4.69, 9.17) is 22.1 Å². The lowest BCUT2D eigenvalue weighted by molar-refractivity contribution is -0.139. The number of ether oxygens (including phenoxy) is 1. The van der Waals surface area contributed by atoms with E-state index in [1.807, 2.05) is 0 Å². The van der Waals surface area contributed by atoms with Crippen LogP contribution in [0.2, 0.25) is 5.02 Å². The molecule has 0 radical (unpaired) electrons. The zero-order chi connectivity index (χ0) is 13.1. The normalized spacial score (nSPS) is 13.5. The minimum Gasteiger partial charge on any atom is -0.493 e. The molecule has 1 aromatic carbocycles. The Balaban J connectivity index is 2.70. The summed E-state index contributed by atoms with van der Waals surface area (Å²) in [6.07, 6.45) is -5.21. The van der Waals surface area contributed by atoms with Crippen LogP contribution < -0.4 is 10.5 Å². The molecule has 0 bridgehead atoms. The molecule has 0 amide bonds. The maximum absolute atomic E-state index is 12.0. The van der Waals surface area contributed by atoms with Crippen molar-refractivity contribution in [2.75, 3.05) is 6.61 Å². The lowest BCUT2D eigenvalue weighted by Gasteiger charge is -2.15. The zero-order valence-electron chi connectivity index (χ0n) is 9.22. The molecule has 0 aromatic heterocycles. The molecule has 0 aliphatic heterocycles. The molecule has 6 heteroatoms.